The summed E-state index contributed by atoms with van der Waals surface area (Å²) in [6.07, 6.45) is -3.61. The molecule has 1 amide bonds. The first-order valence-electron chi connectivity index (χ1n) is 9.02. The van der Waals surface area contributed by atoms with Crippen molar-refractivity contribution >= 4 is 27.7 Å². The lowest BCUT2D eigenvalue weighted by atomic mass is 10.2. The molecule has 0 aliphatic carbocycles. The first-order valence-corrected chi connectivity index (χ1v) is 11.3. The Balaban J connectivity index is 1.67. The molecule has 0 saturated carbocycles. The van der Waals surface area contributed by atoms with Crippen LogP contribution in [0.2, 0.25) is 0 Å². The highest BCUT2D eigenvalue weighted by Gasteiger charge is 2.33. The van der Waals surface area contributed by atoms with E-state index in [1.165, 1.54) is 23.2 Å². The molecule has 7 nitrogen and oxygen atoms in total. The lowest BCUT2D eigenvalue weighted by Crippen LogP contribution is -2.50. The van der Waals surface area contributed by atoms with Gasteiger partial charge in [0.2, 0.25) is 10.0 Å². The quantitative estimate of drug-likeness (QED) is 0.450. The first kappa shape index (κ1) is 24.2. The summed E-state index contributed by atoms with van der Waals surface area (Å²) in [5, 5.41) is -0.122. The van der Waals surface area contributed by atoms with Gasteiger partial charge in [-0.25, -0.2) is 13.4 Å². The standard InChI is InChI=1S/C18H16F5N3O4S2/c19-17(20)31-15-14(2-1-7-24-15)16(27)25-8-10-26(11-9-25)32(28,29)13-5-3-12(4-6-13)30-18(21,22)23/h1-7,17H,8-11H2. The van der Waals surface area contributed by atoms with Gasteiger partial charge < -0.3 is 9.64 Å². The number of pyridine rings is 1. The number of thioether (sulfide) groups is 1. The van der Waals surface area contributed by atoms with E-state index in [1.54, 1.807) is 0 Å². The fraction of sp³-hybridized carbons (Fsp3) is 0.333. The highest BCUT2D eigenvalue weighted by Crippen LogP contribution is 2.28. The van der Waals surface area contributed by atoms with Crippen molar-refractivity contribution in [3.63, 3.8) is 0 Å². The lowest BCUT2D eigenvalue weighted by molar-refractivity contribution is -0.274. The summed E-state index contributed by atoms with van der Waals surface area (Å²) in [6, 6.07) is 6.59. The van der Waals surface area contributed by atoms with Gasteiger partial charge in [-0.1, -0.05) is 0 Å². The smallest absolute Gasteiger partial charge is 0.406 e. The van der Waals surface area contributed by atoms with Crippen LogP contribution in [0.4, 0.5) is 22.0 Å². The Morgan fingerprint density at radius 2 is 1.69 bits per heavy atom. The number of halogens is 5. The minimum Gasteiger partial charge on any atom is -0.406 e. The fourth-order valence-electron chi connectivity index (χ4n) is 3.00. The molecule has 14 heteroatoms. The number of carbonyl (C=O) groups excluding carboxylic acids is 1. The third kappa shape index (κ3) is 5.86. The van der Waals surface area contributed by atoms with Crippen molar-refractivity contribution in [1.82, 2.24) is 14.2 Å². The largest absolute Gasteiger partial charge is 0.573 e. The van der Waals surface area contributed by atoms with E-state index in [4.69, 9.17) is 0 Å². The number of piperazine rings is 1. The van der Waals surface area contributed by atoms with Gasteiger partial charge in [-0.2, -0.15) is 13.1 Å². The van der Waals surface area contributed by atoms with Crippen molar-refractivity contribution in [3.05, 3.63) is 48.2 Å². The van der Waals surface area contributed by atoms with Crippen LogP contribution in [0.1, 0.15) is 10.4 Å². The molecule has 3 rings (SSSR count). The Kier molecular flexibility index (Phi) is 7.25. The number of hydrogen-bond donors (Lipinski definition) is 0. The van der Waals surface area contributed by atoms with Crippen LogP contribution >= 0.6 is 11.8 Å². The van der Waals surface area contributed by atoms with Crippen molar-refractivity contribution in [2.45, 2.75) is 22.0 Å². The lowest BCUT2D eigenvalue weighted by Gasteiger charge is -2.34. The average Bonchev–Trinajstić information content (AvgIpc) is 2.72. The average molecular weight is 497 g/mol. The van der Waals surface area contributed by atoms with Crippen molar-refractivity contribution in [2.75, 3.05) is 26.2 Å². The van der Waals surface area contributed by atoms with Crippen LogP contribution in [-0.2, 0) is 10.0 Å². The van der Waals surface area contributed by atoms with E-state index >= 15 is 0 Å². The molecule has 0 spiro atoms. The molecule has 32 heavy (non-hydrogen) atoms. The van der Waals surface area contributed by atoms with Gasteiger partial charge in [-0.05, 0) is 48.2 Å². The van der Waals surface area contributed by atoms with Gasteiger partial charge in [0, 0.05) is 32.4 Å². The minimum absolute atomic E-state index is 0.00100. The van der Waals surface area contributed by atoms with Gasteiger partial charge >= 0.3 is 6.36 Å². The van der Waals surface area contributed by atoms with Crippen molar-refractivity contribution in [1.29, 1.82) is 0 Å². The Bertz CT molecular complexity index is 1060. The molecule has 0 radical (unpaired) electrons. The van der Waals surface area contributed by atoms with E-state index < -0.39 is 33.8 Å². The number of ether oxygens (including phenoxy) is 1. The molecule has 0 N–H and O–H groups in total. The van der Waals surface area contributed by atoms with Crippen LogP contribution in [0.15, 0.2) is 52.5 Å². The molecule has 0 atom stereocenters. The Hall–Kier alpha value is -2.45. The van der Waals surface area contributed by atoms with E-state index in [1.807, 2.05) is 0 Å². The summed E-state index contributed by atoms with van der Waals surface area (Å²) in [5.74, 6) is -3.86. The van der Waals surface area contributed by atoms with E-state index in [0.717, 1.165) is 28.6 Å². The van der Waals surface area contributed by atoms with Gasteiger partial charge in [0.15, 0.2) is 0 Å². The summed E-state index contributed by atoms with van der Waals surface area (Å²) in [6.45, 7) is -0.152. The molecule has 0 bridgehead atoms. The summed E-state index contributed by atoms with van der Waals surface area (Å²) in [4.78, 5) is 17.6. The molecule has 1 aromatic carbocycles. The number of aromatic nitrogens is 1. The molecule has 0 unspecified atom stereocenters. The van der Waals surface area contributed by atoms with E-state index in [9.17, 15) is 35.2 Å². The third-order valence-electron chi connectivity index (χ3n) is 4.42. The first-order chi connectivity index (χ1) is 15.0. The molecule has 1 fully saturated rings. The van der Waals surface area contributed by atoms with Crippen LogP contribution in [0.5, 0.6) is 5.75 Å². The van der Waals surface area contributed by atoms with E-state index in [2.05, 4.69) is 9.72 Å². The molecule has 2 aromatic rings. The maximum atomic E-state index is 12.8. The maximum absolute atomic E-state index is 12.8. The summed E-state index contributed by atoms with van der Waals surface area (Å²) in [7, 11) is -4.02. The molecule has 1 aliphatic heterocycles. The zero-order valence-corrected chi connectivity index (χ0v) is 17.8. The number of alkyl halides is 5. The van der Waals surface area contributed by atoms with Gasteiger partial charge in [0.05, 0.1) is 10.5 Å². The second kappa shape index (κ2) is 9.58. The van der Waals surface area contributed by atoms with E-state index in [0.29, 0.717) is 0 Å². The molecule has 1 aliphatic rings. The van der Waals surface area contributed by atoms with Gasteiger partial charge in [0.1, 0.15) is 10.8 Å². The number of carbonyl (C=O) groups is 1. The Morgan fingerprint density at radius 3 is 2.25 bits per heavy atom. The zero-order chi connectivity index (χ0) is 23.5. The van der Waals surface area contributed by atoms with E-state index in [-0.39, 0.29) is 53.4 Å². The molecule has 1 saturated heterocycles. The van der Waals surface area contributed by atoms with Crippen LogP contribution in [0, 0.1) is 0 Å². The molecular formula is C18H16F5N3O4S2. The van der Waals surface area contributed by atoms with Crippen LogP contribution < -0.4 is 4.74 Å². The van der Waals surface area contributed by atoms with Crippen molar-refractivity contribution in [3.8, 4) is 5.75 Å². The summed E-state index contributed by atoms with van der Waals surface area (Å²) >= 11 is 0.145. The highest BCUT2D eigenvalue weighted by molar-refractivity contribution is 7.99. The second-order valence-corrected chi connectivity index (χ2v) is 9.37. The molecule has 174 valence electrons. The maximum Gasteiger partial charge on any atom is 0.573 e. The third-order valence-corrected chi connectivity index (χ3v) is 7.06. The fourth-order valence-corrected chi connectivity index (χ4v) is 4.99. The Labute approximate surface area is 184 Å². The minimum atomic E-state index is -4.90. The van der Waals surface area contributed by atoms with Crippen LogP contribution in [-0.4, -0.2) is 66.8 Å². The number of benzene rings is 1. The second-order valence-electron chi connectivity index (χ2n) is 6.45. The summed E-state index contributed by atoms with van der Waals surface area (Å²) < 4.78 is 92.6. The number of rotatable bonds is 6. The Morgan fingerprint density at radius 1 is 1.06 bits per heavy atom. The topological polar surface area (TPSA) is 79.8 Å². The van der Waals surface area contributed by atoms with Gasteiger partial charge in [-0.15, -0.1) is 13.2 Å². The predicted octanol–water partition coefficient (Wildman–Crippen LogP) is 3.44. The molecular weight excluding hydrogens is 481 g/mol. The van der Waals surface area contributed by atoms with Crippen molar-refractivity contribution in [2.24, 2.45) is 0 Å². The number of hydrogen-bond acceptors (Lipinski definition) is 6. The monoisotopic (exact) mass is 497 g/mol. The highest BCUT2D eigenvalue weighted by atomic mass is 32.2. The van der Waals surface area contributed by atoms with Gasteiger partial charge in [0.25, 0.3) is 11.7 Å². The van der Waals surface area contributed by atoms with Gasteiger partial charge in [-0.3, -0.25) is 4.79 Å². The molecule has 1 aromatic heterocycles. The number of nitrogens with zero attached hydrogens (tertiary/aromatic N) is 3. The summed E-state index contributed by atoms with van der Waals surface area (Å²) in [5.41, 5.74) is -0.00522. The number of amides is 1. The number of sulfonamides is 1. The normalized spacial score (nSPS) is 15.8. The predicted molar refractivity (Wildman–Crippen MR) is 104 cm³/mol. The van der Waals surface area contributed by atoms with Crippen LogP contribution in [0.25, 0.3) is 0 Å². The van der Waals surface area contributed by atoms with Crippen LogP contribution in [0.3, 0.4) is 0 Å². The zero-order valence-electron chi connectivity index (χ0n) is 16.1. The SMILES string of the molecule is O=C(c1cccnc1SC(F)F)N1CCN(S(=O)(=O)c2ccc(OC(F)(F)F)cc2)CC1. The van der Waals surface area contributed by atoms with Crippen molar-refractivity contribution < 1.29 is 39.9 Å². The molecule has 2 heterocycles.